The van der Waals surface area contributed by atoms with Crippen molar-refractivity contribution in [1.82, 2.24) is 0 Å². The summed E-state index contributed by atoms with van der Waals surface area (Å²) < 4.78 is 5.19. The molecule has 0 saturated heterocycles. The van der Waals surface area contributed by atoms with E-state index in [0.29, 0.717) is 6.42 Å². The highest BCUT2D eigenvalue weighted by Gasteiger charge is 2.16. The molecule has 0 fully saturated rings. The Morgan fingerprint density at radius 2 is 2.19 bits per heavy atom. The van der Waals surface area contributed by atoms with E-state index >= 15 is 0 Å². The number of aryl methyl sites for hydroxylation is 2. The Hall–Kier alpha value is -1.53. The van der Waals surface area contributed by atoms with Gasteiger partial charge in [0, 0.05) is 0 Å². The molecule has 0 aliphatic carbocycles. The van der Waals surface area contributed by atoms with Crippen molar-refractivity contribution in [2.45, 2.75) is 32.2 Å². The molecule has 3 heteroatoms. The lowest BCUT2D eigenvalue weighted by Crippen LogP contribution is -2.34. The normalized spacial score (nSPS) is 13.9. The largest absolute Gasteiger partial charge is 0.496 e. The predicted molar refractivity (Wildman–Crippen MR) is 64.3 cm³/mol. The summed E-state index contributed by atoms with van der Waals surface area (Å²) in [6.07, 6.45) is 1.47. The molecule has 1 aromatic rings. The van der Waals surface area contributed by atoms with Crippen molar-refractivity contribution in [3.05, 3.63) is 29.3 Å². The Bertz CT molecular complexity index is 405. The number of rotatable bonds is 4. The number of nitriles is 1. The molecule has 3 nitrogen and oxygen atoms in total. The topological polar surface area (TPSA) is 59.0 Å². The molecule has 86 valence electrons. The number of nitrogens with zero attached hydrogens (tertiary/aromatic N) is 1. The van der Waals surface area contributed by atoms with Gasteiger partial charge in [-0.05, 0) is 43.9 Å². The molecule has 0 spiro atoms. The van der Waals surface area contributed by atoms with E-state index in [4.69, 9.17) is 15.7 Å². The average molecular weight is 218 g/mol. The molecule has 0 bridgehead atoms. The molecule has 2 N–H and O–H groups in total. The van der Waals surface area contributed by atoms with Gasteiger partial charge in [0.2, 0.25) is 0 Å². The van der Waals surface area contributed by atoms with Gasteiger partial charge in [-0.15, -0.1) is 0 Å². The van der Waals surface area contributed by atoms with E-state index < -0.39 is 5.54 Å². The Kier molecular flexibility index (Phi) is 3.92. The maximum Gasteiger partial charge on any atom is 0.121 e. The highest BCUT2D eigenvalue weighted by molar-refractivity contribution is 5.36. The molecule has 0 radical (unpaired) electrons. The van der Waals surface area contributed by atoms with Gasteiger partial charge in [-0.3, -0.25) is 0 Å². The van der Waals surface area contributed by atoms with Gasteiger partial charge in [0.25, 0.3) is 0 Å². The van der Waals surface area contributed by atoms with Crippen LogP contribution < -0.4 is 10.5 Å². The highest BCUT2D eigenvalue weighted by atomic mass is 16.5. The van der Waals surface area contributed by atoms with Gasteiger partial charge >= 0.3 is 0 Å². The number of hydrogen-bond donors (Lipinski definition) is 1. The summed E-state index contributed by atoms with van der Waals surface area (Å²) in [4.78, 5) is 0. The van der Waals surface area contributed by atoms with Crippen LogP contribution in [0.3, 0.4) is 0 Å². The molecule has 1 aromatic carbocycles. The molecule has 16 heavy (non-hydrogen) atoms. The van der Waals surface area contributed by atoms with Gasteiger partial charge in [-0.25, -0.2) is 0 Å². The van der Waals surface area contributed by atoms with Crippen LogP contribution in [0.1, 0.15) is 24.5 Å². The van der Waals surface area contributed by atoms with Crippen LogP contribution in [-0.4, -0.2) is 12.6 Å². The second kappa shape index (κ2) is 5.00. The van der Waals surface area contributed by atoms with E-state index in [-0.39, 0.29) is 0 Å². The zero-order valence-electron chi connectivity index (χ0n) is 10.1. The Balaban J connectivity index is 2.70. The summed E-state index contributed by atoms with van der Waals surface area (Å²) in [6.45, 7) is 3.76. The number of nitrogens with two attached hydrogens (primary N) is 1. The summed E-state index contributed by atoms with van der Waals surface area (Å²) >= 11 is 0. The average Bonchev–Trinajstić information content (AvgIpc) is 2.27. The molecule has 0 aliphatic heterocycles. The fraction of sp³-hybridized carbons (Fsp3) is 0.462. The number of benzene rings is 1. The molecular formula is C13H18N2O. The maximum atomic E-state index is 8.81. The Labute approximate surface area is 96.8 Å². The van der Waals surface area contributed by atoms with Crippen LogP contribution in [0, 0.1) is 18.3 Å². The Morgan fingerprint density at radius 1 is 1.50 bits per heavy atom. The van der Waals surface area contributed by atoms with E-state index in [0.717, 1.165) is 17.7 Å². The Morgan fingerprint density at radius 3 is 2.69 bits per heavy atom. The molecule has 1 rings (SSSR count). The number of ether oxygens (including phenoxy) is 1. The molecule has 0 aliphatic rings. The third-order valence-electron chi connectivity index (χ3n) is 2.65. The first-order valence-electron chi connectivity index (χ1n) is 5.32. The highest BCUT2D eigenvalue weighted by Crippen LogP contribution is 2.20. The fourth-order valence-electron chi connectivity index (χ4n) is 1.56. The summed E-state index contributed by atoms with van der Waals surface area (Å²) in [6, 6.07) is 8.14. The fourth-order valence-corrected chi connectivity index (χ4v) is 1.56. The second-order valence-electron chi connectivity index (χ2n) is 4.33. The SMILES string of the molecule is COc1ccc(CCC(C)(N)C#N)cc1C. The zero-order chi connectivity index (χ0) is 12.2. The monoisotopic (exact) mass is 218 g/mol. The van der Waals surface area contributed by atoms with Gasteiger partial charge < -0.3 is 10.5 Å². The predicted octanol–water partition coefficient (Wildman–Crippen LogP) is 2.18. The molecular weight excluding hydrogens is 200 g/mol. The zero-order valence-corrected chi connectivity index (χ0v) is 10.1. The first-order chi connectivity index (χ1) is 7.48. The van der Waals surface area contributed by atoms with Crippen LogP contribution >= 0.6 is 0 Å². The standard InChI is InChI=1S/C13H18N2O/c1-10-8-11(4-5-12(10)16-3)6-7-13(2,15)9-14/h4-5,8H,6-7,15H2,1-3H3. The van der Waals surface area contributed by atoms with E-state index in [1.54, 1.807) is 14.0 Å². The third kappa shape index (κ3) is 3.25. The van der Waals surface area contributed by atoms with Crippen LogP contribution in [0.25, 0.3) is 0 Å². The van der Waals surface area contributed by atoms with Crippen LogP contribution in [0.5, 0.6) is 5.75 Å². The molecule has 0 aromatic heterocycles. The van der Waals surface area contributed by atoms with Gasteiger partial charge in [-0.2, -0.15) is 5.26 Å². The van der Waals surface area contributed by atoms with Gasteiger partial charge in [0.1, 0.15) is 11.3 Å². The maximum absolute atomic E-state index is 8.81. The first-order valence-corrected chi connectivity index (χ1v) is 5.32. The van der Waals surface area contributed by atoms with E-state index in [1.807, 2.05) is 19.1 Å². The number of methoxy groups -OCH3 is 1. The molecule has 0 amide bonds. The van der Waals surface area contributed by atoms with Crippen molar-refractivity contribution >= 4 is 0 Å². The van der Waals surface area contributed by atoms with Gasteiger partial charge in [0.15, 0.2) is 0 Å². The first kappa shape index (κ1) is 12.5. The minimum Gasteiger partial charge on any atom is -0.496 e. The van der Waals surface area contributed by atoms with Crippen molar-refractivity contribution in [3.8, 4) is 11.8 Å². The van der Waals surface area contributed by atoms with Crippen molar-refractivity contribution in [2.75, 3.05) is 7.11 Å². The lowest BCUT2D eigenvalue weighted by molar-refractivity contribution is 0.411. The van der Waals surface area contributed by atoms with Crippen LogP contribution in [-0.2, 0) is 6.42 Å². The molecule has 0 heterocycles. The second-order valence-corrected chi connectivity index (χ2v) is 4.33. The molecule has 1 unspecified atom stereocenters. The summed E-state index contributed by atoms with van der Waals surface area (Å²) in [7, 11) is 1.66. The smallest absolute Gasteiger partial charge is 0.121 e. The van der Waals surface area contributed by atoms with Crippen LogP contribution in [0.2, 0.25) is 0 Å². The van der Waals surface area contributed by atoms with Crippen molar-refractivity contribution in [3.63, 3.8) is 0 Å². The van der Waals surface area contributed by atoms with E-state index in [1.165, 1.54) is 5.56 Å². The van der Waals surface area contributed by atoms with E-state index in [2.05, 4.69) is 12.1 Å². The lowest BCUT2D eigenvalue weighted by Gasteiger charge is -2.15. The lowest BCUT2D eigenvalue weighted by atomic mass is 9.95. The van der Waals surface area contributed by atoms with Crippen LogP contribution in [0.4, 0.5) is 0 Å². The van der Waals surface area contributed by atoms with Crippen molar-refractivity contribution in [1.29, 1.82) is 5.26 Å². The van der Waals surface area contributed by atoms with Crippen molar-refractivity contribution < 1.29 is 4.74 Å². The van der Waals surface area contributed by atoms with Gasteiger partial charge in [-0.1, -0.05) is 12.1 Å². The van der Waals surface area contributed by atoms with Crippen LogP contribution in [0.15, 0.2) is 18.2 Å². The quantitative estimate of drug-likeness (QED) is 0.842. The minimum absolute atomic E-state index is 0.662. The van der Waals surface area contributed by atoms with Crippen molar-refractivity contribution in [2.24, 2.45) is 5.73 Å². The summed E-state index contributed by atoms with van der Waals surface area (Å²) in [5.41, 5.74) is 7.32. The van der Waals surface area contributed by atoms with Gasteiger partial charge in [0.05, 0.1) is 13.2 Å². The van der Waals surface area contributed by atoms with E-state index in [9.17, 15) is 0 Å². The third-order valence-corrected chi connectivity index (χ3v) is 2.65. The number of hydrogen-bond acceptors (Lipinski definition) is 3. The summed E-state index contributed by atoms with van der Waals surface area (Å²) in [5.74, 6) is 0.888. The molecule has 1 atom stereocenters. The minimum atomic E-state index is -0.742. The molecule has 0 saturated carbocycles. The summed E-state index contributed by atoms with van der Waals surface area (Å²) in [5, 5.41) is 8.81.